The summed E-state index contributed by atoms with van der Waals surface area (Å²) in [4.78, 5) is 25.6. The van der Waals surface area contributed by atoms with Crippen molar-refractivity contribution < 1.29 is 23.8 Å². The van der Waals surface area contributed by atoms with Gasteiger partial charge in [0.25, 0.3) is 0 Å². The van der Waals surface area contributed by atoms with Crippen LogP contribution >= 0.6 is 0 Å². The van der Waals surface area contributed by atoms with Gasteiger partial charge in [-0.05, 0) is 55.0 Å². The van der Waals surface area contributed by atoms with Crippen LogP contribution in [0.5, 0.6) is 11.5 Å². The van der Waals surface area contributed by atoms with E-state index in [4.69, 9.17) is 9.47 Å². The van der Waals surface area contributed by atoms with Crippen molar-refractivity contribution in [2.45, 2.75) is 19.8 Å². The lowest BCUT2D eigenvalue weighted by Gasteiger charge is -2.17. The van der Waals surface area contributed by atoms with Crippen LogP contribution in [0, 0.1) is 5.92 Å². The smallest absolute Gasteiger partial charge is 0.337 e. The van der Waals surface area contributed by atoms with Gasteiger partial charge in [-0.3, -0.25) is 4.79 Å². The molecule has 1 amide bonds. The van der Waals surface area contributed by atoms with E-state index in [1.807, 2.05) is 24.3 Å². The number of hydrogen-bond donors (Lipinski definition) is 0. The summed E-state index contributed by atoms with van der Waals surface area (Å²) in [6.07, 6.45) is 1.41. The molecule has 6 nitrogen and oxygen atoms in total. The highest BCUT2D eigenvalue weighted by molar-refractivity contribution is 5.95. The lowest BCUT2D eigenvalue weighted by atomic mass is 10.1. The molecule has 0 spiro atoms. The number of nitrogens with zero attached hydrogens (tertiary/aromatic N) is 1. The molecule has 1 heterocycles. The second-order valence-corrected chi connectivity index (χ2v) is 6.74. The predicted octanol–water partition coefficient (Wildman–Crippen LogP) is 3.69. The molecule has 2 aromatic rings. The summed E-state index contributed by atoms with van der Waals surface area (Å²) in [6.45, 7) is 3.81. The predicted molar refractivity (Wildman–Crippen MR) is 106 cm³/mol. The van der Waals surface area contributed by atoms with Gasteiger partial charge in [0.1, 0.15) is 11.5 Å². The van der Waals surface area contributed by atoms with Gasteiger partial charge in [0.15, 0.2) is 0 Å². The summed E-state index contributed by atoms with van der Waals surface area (Å²) in [5.74, 6) is 1.30. The third-order valence-corrected chi connectivity index (χ3v) is 4.59. The molecular weight excluding hydrogens is 358 g/mol. The van der Waals surface area contributed by atoms with Crippen molar-refractivity contribution in [2.24, 2.45) is 5.92 Å². The summed E-state index contributed by atoms with van der Waals surface area (Å²) in [5.41, 5.74) is 1.35. The first-order chi connectivity index (χ1) is 13.6. The van der Waals surface area contributed by atoms with Crippen LogP contribution < -0.4 is 14.4 Å². The molecule has 0 aromatic heterocycles. The van der Waals surface area contributed by atoms with Crippen LogP contribution in [-0.4, -0.2) is 38.7 Å². The highest BCUT2D eigenvalue weighted by Crippen LogP contribution is 2.27. The molecule has 6 heteroatoms. The largest absolute Gasteiger partial charge is 0.494 e. The van der Waals surface area contributed by atoms with E-state index in [1.54, 1.807) is 29.2 Å². The van der Waals surface area contributed by atoms with E-state index < -0.39 is 0 Å². The van der Waals surface area contributed by atoms with E-state index in [-0.39, 0.29) is 17.8 Å². The quantitative estimate of drug-likeness (QED) is 0.651. The maximum atomic E-state index is 12.4. The molecule has 2 aromatic carbocycles. The fourth-order valence-corrected chi connectivity index (χ4v) is 3.10. The second-order valence-electron chi connectivity index (χ2n) is 6.74. The van der Waals surface area contributed by atoms with Gasteiger partial charge in [0.05, 0.1) is 25.9 Å². The normalized spacial score (nSPS) is 16.1. The molecule has 1 unspecified atom stereocenters. The number of benzene rings is 2. The minimum Gasteiger partial charge on any atom is -0.494 e. The Hall–Kier alpha value is -3.02. The third kappa shape index (κ3) is 4.82. The van der Waals surface area contributed by atoms with Crippen LogP contribution in [0.4, 0.5) is 5.69 Å². The molecule has 1 aliphatic rings. The molecule has 1 fully saturated rings. The maximum Gasteiger partial charge on any atom is 0.337 e. The average Bonchev–Trinajstić information content (AvgIpc) is 3.11. The minimum atomic E-state index is -0.380. The number of amides is 1. The number of rotatable bonds is 8. The standard InChI is InChI=1S/C22H25NO5/c1-3-12-27-19-10-6-18(7-11-19)23-14-16(13-21(23)24)15-28-20-8-4-17(5-9-20)22(25)26-2/h4-11,16H,3,12-15H2,1-2H3. The van der Waals surface area contributed by atoms with Crippen molar-refractivity contribution in [3.05, 3.63) is 54.1 Å². The molecule has 1 aliphatic heterocycles. The Morgan fingerprint density at radius 1 is 1.04 bits per heavy atom. The molecule has 0 bridgehead atoms. The molecular formula is C22H25NO5. The highest BCUT2D eigenvalue weighted by Gasteiger charge is 2.31. The zero-order chi connectivity index (χ0) is 19.9. The van der Waals surface area contributed by atoms with Crippen LogP contribution in [0.25, 0.3) is 0 Å². The minimum absolute atomic E-state index is 0.0943. The number of methoxy groups -OCH3 is 1. The van der Waals surface area contributed by atoms with Gasteiger partial charge >= 0.3 is 5.97 Å². The van der Waals surface area contributed by atoms with E-state index in [0.29, 0.717) is 37.5 Å². The van der Waals surface area contributed by atoms with Gasteiger partial charge < -0.3 is 19.1 Å². The van der Waals surface area contributed by atoms with E-state index in [9.17, 15) is 9.59 Å². The summed E-state index contributed by atoms with van der Waals surface area (Å²) in [5, 5.41) is 0. The molecule has 0 N–H and O–H groups in total. The summed E-state index contributed by atoms with van der Waals surface area (Å²) < 4.78 is 16.1. The zero-order valence-corrected chi connectivity index (χ0v) is 16.2. The van der Waals surface area contributed by atoms with Gasteiger partial charge in [0.2, 0.25) is 5.91 Å². The van der Waals surface area contributed by atoms with E-state index in [0.717, 1.165) is 17.9 Å². The summed E-state index contributed by atoms with van der Waals surface area (Å²) >= 11 is 0. The van der Waals surface area contributed by atoms with Gasteiger partial charge in [-0.25, -0.2) is 4.79 Å². The summed E-state index contributed by atoms with van der Waals surface area (Å²) in [7, 11) is 1.35. The number of carbonyl (C=O) groups is 2. The Morgan fingerprint density at radius 2 is 1.68 bits per heavy atom. The Labute approximate surface area is 165 Å². The van der Waals surface area contributed by atoms with Crippen molar-refractivity contribution in [1.82, 2.24) is 0 Å². The van der Waals surface area contributed by atoms with Crippen molar-refractivity contribution in [3.8, 4) is 11.5 Å². The number of esters is 1. The number of hydrogen-bond acceptors (Lipinski definition) is 5. The second kappa shape index (κ2) is 9.26. The average molecular weight is 383 g/mol. The molecule has 28 heavy (non-hydrogen) atoms. The third-order valence-electron chi connectivity index (χ3n) is 4.59. The first-order valence-electron chi connectivity index (χ1n) is 9.45. The molecule has 0 radical (unpaired) electrons. The van der Waals surface area contributed by atoms with E-state index in [2.05, 4.69) is 11.7 Å². The van der Waals surface area contributed by atoms with Gasteiger partial charge in [-0.2, -0.15) is 0 Å². The van der Waals surface area contributed by atoms with Crippen molar-refractivity contribution in [3.63, 3.8) is 0 Å². The van der Waals surface area contributed by atoms with Gasteiger partial charge in [0, 0.05) is 24.6 Å². The van der Waals surface area contributed by atoms with Crippen LogP contribution in [-0.2, 0) is 9.53 Å². The maximum absolute atomic E-state index is 12.4. The number of anilines is 1. The van der Waals surface area contributed by atoms with Gasteiger partial charge in [-0.15, -0.1) is 0 Å². The first kappa shape index (κ1) is 19.7. The molecule has 3 rings (SSSR count). The fourth-order valence-electron chi connectivity index (χ4n) is 3.10. The Bertz CT molecular complexity index is 801. The van der Waals surface area contributed by atoms with E-state index >= 15 is 0 Å². The summed E-state index contributed by atoms with van der Waals surface area (Å²) in [6, 6.07) is 14.4. The van der Waals surface area contributed by atoms with Crippen LogP contribution in [0.1, 0.15) is 30.1 Å². The monoisotopic (exact) mass is 383 g/mol. The highest BCUT2D eigenvalue weighted by atomic mass is 16.5. The molecule has 1 saturated heterocycles. The number of ether oxygens (including phenoxy) is 3. The Balaban J connectivity index is 1.53. The molecule has 1 atom stereocenters. The SMILES string of the molecule is CCCOc1ccc(N2CC(COc3ccc(C(=O)OC)cc3)CC2=O)cc1. The van der Waals surface area contributed by atoms with Crippen LogP contribution in [0.15, 0.2) is 48.5 Å². The number of carbonyl (C=O) groups excluding carboxylic acids is 2. The van der Waals surface area contributed by atoms with Crippen molar-refractivity contribution >= 4 is 17.6 Å². The first-order valence-corrected chi connectivity index (χ1v) is 9.45. The van der Waals surface area contributed by atoms with Gasteiger partial charge in [-0.1, -0.05) is 6.92 Å². The van der Waals surface area contributed by atoms with Crippen LogP contribution in [0.3, 0.4) is 0 Å². The zero-order valence-electron chi connectivity index (χ0n) is 16.2. The van der Waals surface area contributed by atoms with E-state index in [1.165, 1.54) is 7.11 Å². The molecule has 0 saturated carbocycles. The van der Waals surface area contributed by atoms with Crippen LogP contribution in [0.2, 0.25) is 0 Å². The van der Waals surface area contributed by atoms with Crippen molar-refractivity contribution in [2.75, 3.05) is 31.8 Å². The van der Waals surface area contributed by atoms with Crippen molar-refractivity contribution in [1.29, 1.82) is 0 Å². The fraction of sp³-hybridized carbons (Fsp3) is 0.364. The lowest BCUT2D eigenvalue weighted by Crippen LogP contribution is -2.25. The topological polar surface area (TPSA) is 65.1 Å². The Kier molecular flexibility index (Phi) is 6.53. The molecule has 0 aliphatic carbocycles. The lowest BCUT2D eigenvalue weighted by molar-refractivity contribution is -0.117. The Morgan fingerprint density at radius 3 is 2.32 bits per heavy atom. The molecule has 148 valence electrons.